The van der Waals surface area contributed by atoms with E-state index in [4.69, 9.17) is 9.97 Å². The van der Waals surface area contributed by atoms with Crippen molar-refractivity contribution in [3.8, 4) is 0 Å². The third-order valence-electron chi connectivity index (χ3n) is 9.16. The zero-order valence-corrected chi connectivity index (χ0v) is 27.3. The molecule has 0 aliphatic carbocycles. The Morgan fingerprint density at radius 2 is 0.854 bits per heavy atom. The van der Waals surface area contributed by atoms with Gasteiger partial charge in [0.2, 0.25) is 0 Å². The number of H-pyrrole nitrogens is 2. The van der Waals surface area contributed by atoms with Gasteiger partial charge in [0.1, 0.15) is 0 Å². The lowest BCUT2D eigenvalue weighted by Gasteiger charge is -2.04. The summed E-state index contributed by atoms with van der Waals surface area (Å²) in [5.41, 5.74) is 11.4. The summed E-state index contributed by atoms with van der Waals surface area (Å²) < 4.78 is 0. The van der Waals surface area contributed by atoms with Gasteiger partial charge in [-0.05, 0) is 122 Å². The summed E-state index contributed by atoms with van der Waals surface area (Å²) in [7, 11) is 0. The maximum atomic E-state index is 11.6. The number of fused-ring (bicyclic) bond motifs is 8. The van der Waals surface area contributed by atoms with E-state index >= 15 is 0 Å². The molecule has 0 aromatic carbocycles. The smallest absolute Gasteiger partial charge is 0.303 e. The molecule has 0 atom stereocenters. The third kappa shape index (κ3) is 7.07. The molecule has 0 saturated heterocycles. The molecule has 48 heavy (non-hydrogen) atoms. The number of hydrogen-bond acceptors (Lipinski definition) is 6. The number of aryl methyl sites for hydroxylation is 4. The van der Waals surface area contributed by atoms with E-state index in [9.17, 15) is 39.6 Å². The molecule has 0 fully saturated rings. The average molecular weight is 659 g/mol. The lowest BCUT2D eigenvalue weighted by Crippen LogP contribution is -1.98. The van der Waals surface area contributed by atoms with Crippen molar-refractivity contribution in [3.63, 3.8) is 0 Å². The maximum Gasteiger partial charge on any atom is 0.303 e. The molecule has 6 N–H and O–H groups in total. The minimum Gasteiger partial charge on any atom is -0.481 e. The third-order valence-corrected chi connectivity index (χ3v) is 9.16. The van der Waals surface area contributed by atoms with E-state index in [1.165, 1.54) is 0 Å². The molecular formula is C36H38N4O8. The fourth-order valence-corrected chi connectivity index (χ4v) is 6.42. The van der Waals surface area contributed by atoms with Crippen LogP contribution in [0.1, 0.15) is 97.4 Å². The van der Waals surface area contributed by atoms with Crippen molar-refractivity contribution in [1.29, 1.82) is 0 Å². The second-order valence-corrected chi connectivity index (χ2v) is 12.2. The van der Waals surface area contributed by atoms with Gasteiger partial charge in [-0.1, -0.05) is 0 Å². The molecule has 8 bridgehead atoms. The molecule has 5 heterocycles. The molecule has 3 aromatic rings. The van der Waals surface area contributed by atoms with Gasteiger partial charge < -0.3 is 30.4 Å². The highest BCUT2D eigenvalue weighted by molar-refractivity contribution is 5.96. The van der Waals surface area contributed by atoms with Gasteiger partial charge >= 0.3 is 23.9 Å². The van der Waals surface area contributed by atoms with Crippen LogP contribution in [0.4, 0.5) is 0 Å². The van der Waals surface area contributed by atoms with E-state index in [0.29, 0.717) is 44.8 Å². The Kier molecular flexibility index (Phi) is 9.64. The minimum absolute atomic E-state index is 0.0868. The SMILES string of the molecule is CC1=C(CCC(=O)O)c2cc3[15n]c(cc4[15nH]c(cc5[15nH]c(cc1[15n]2)c(CCC(=O)O)c5C)c(CCC(=O)O)c4C)C(CCC(=O)O)=C3C. The van der Waals surface area contributed by atoms with Gasteiger partial charge in [0.15, 0.2) is 0 Å². The molecule has 0 amide bonds. The highest BCUT2D eigenvalue weighted by Crippen LogP contribution is 2.38. The van der Waals surface area contributed by atoms with Crippen LogP contribution >= 0.6 is 0 Å². The molecular weight excluding hydrogens is 620 g/mol. The summed E-state index contributed by atoms with van der Waals surface area (Å²) in [5.74, 6) is -3.75. The standard InChI is InChI=1S/C36H38N4O8/c1-17-21(5-9-33(41)42)29-14-26-19(3)23(7-11-35(45)46)31(39-26)16-28-20(4)24(8-12-36(47)48)32(40-28)15-27-18(2)22(6-10-34(43)44)30(38-27)13-25(17)37-29/h13-16,37-38H,5-12H2,1-4H3,(H,41,42)(H,43,44)(H,45,46)(H,47,48)/i37+1,38+1,39+1,40+1. The van der Waals surface area contributed by atoms with Crippen LogP contribution in [0.3, 0.4) is 0 Å². The van der Waals surface area contributed by atoms with Gasteiger partial charge in [0, 0.05) is 47.8 Å². The van der Waals surface area contributed by atoms with Crippen LogP contribution in [0.15, 0.2) is 24.3 Å². The van der Waals surface area contributed by atoms with Crippen LogP contribution < -0.4 is 0 Å². The van der Waals surface area contributed by atoms with E-state index < -0.39 is 23.9 Å². The number of carbonyl (C=O) groups is 4. The largest absolute Gasteiger partial charge is 0.481 e. The van der Waals surface area contributed by atoms with Crippen molar-refractivity contribution in [3.05, 3.63) is 69.3 Å². The number of allylic oxidation sites excluding steroid dienone is 4. The number of carboxylic acid groups (broad SMARTS) is 4. The van der Waals surface area contributed by atoms with Gasteiger partial charge in [0.05, 0.1) is 22.8 Å². The summed E-state index contributed by atoms with van der Waals surface area (Å²) >= 11 is 0. The van der Waals surface area contributed by atoms with Gasteiger partial charge in [-0.25, -0.2) is 9.97 Å². The number of hydrogen-bond donors (Lipinski definition) is 6. The summed E-state index contributed by atoms with van der Waals surface area (Å²) in [6, 6.07) is 7.40. The first-order chi connectivity index (χ1) is 22.7. The minimum atomic E-state index is -0.944. The van der Waals surface area contributed by atoms with Crippen LogP contribution in [0.2, 0.25) is 0 Å². The van der Waals surface area contributed by atoms with Crippen LogP contribution in [-0.4, -0.2) is 64.2 Å². The fraction of sp³-hybridized carbons (Fsp3) is 0.333. The van der Waals surface area contributed by atoms with E-state index in [2.05, 4.69) is 9.97 Å². The Balaban J connectivity index is 1.91. The topological polar surface area (TPSA) is 207 Å². The van der Waals surface area contributed by atoms with E-state index in [1.807, 2.05) is 45.9 Å². The lowest BCUT2D eigenvalue weighted by atomic mass is 9.98. The summed E-state index contributed by atoms with van der Waals surface area (Å²) in [4.78, 5) is 63.1. The summed E-state index contributed by atoms with van der Waals surface area (Å²) in [6.45, 7) is 7.55. The molecule has 12 nitrogen and oxygen atoms in total. The van der Waals surface area contributed by atoms with E-state index in [-0.39, 0.29) is 51.4 Å². The summed E-state index contributed by atoms with van der Waals surface area (Å²) in [6.07, 6.45) is 0.606. The molecule has 0 spiro atoms. The van der Waals surface area contributed by atoms with E-state index in [0.717, 1.165) is 44.5 Å². The zero-order valence-electron chi connectivity index (χ0n) is 27.3. The van der Waals surface area contributed by atoms with Crippen molar-refractivity contribution in [1.82, 2.24) is 19.9 Å². The number of nitrogens with one attached hydrogen (secondary N) is 2. The van der Waals surface area contributed by atoms with Crippen molar-refractivity contribution >= 4 is 68.2 Å². The molecule has 250 valence electrons. The van der Waals surface area contributed by atoms with Crippen LogP contribution in [-0.2, 0) is 32.0 Å². The number of aliphatic carboxylic acids is 4. The lowest BCUT2D eigenvalue weighted by molar-refractivity contribution is -0.138. The Hall–Kier alpha value is -5.52. The zero-order chi connectivity index (χ0) is 34.9. The second kappa shape index (κ2) is 13.7. The molecule has 0 radical (unpaired) electrons. The van der Waals surface area contributed by atoms with Gasteiger partial charge in [-0.15, -0.1) is 0 Å². The Bertz CT molecular complexity index is 2100. The first kappa shape index (κ1) is 33.8. The van der Waals surface area contributed by atoms with E-state index in [1.54, 1.807) is 6.07 Å². The molecule has 2 aliphatic heterocycles. The first-order valence-corrected chi connectivity index (χ1v) is 15.7. The Morgan fingerprint density at radius 1 is 0.500 bits per heavy atom. The van der Waals surface area contributed by atoms with Crippen LogP contribution in [0, 0.1) is 13.8 Å². The quantitative estimate of drug-likeness (QED) is 0.124. The molecule has 12 heteroatoms. The maximum absolute atomic E-state index is 11.6. The number of aromatic amines is 2. The monoisotopic (exact) mass is 658 g/mol. The number of aromatic nitrogens is 4. The summed E-state index contributed by atoms with van der Waals surface area (Å²) in [5, 5.41) is 38.0. The van der Waals surface area contributed by atoms with Gasteiger partial charge in [0.25, 0.3) is 0 Å². The number of nitrogens with zero attached hydrogens (tertiary/aromatic N) is 2. The predicted octanol–water partition coefficient (Wildman–Crippen LogP) is 6.56. The van der Waals surface area contributed by atoms with Gasteiger partial charge in [-0.3, -0.25) is 19.2 Å². The average Bonchev–Trinajstić information content (AvgIpc) is 3.66. The normalized spacial score (nSPS) is 12.9. The van der Waals surface area contributed by atoms with Crippen molar-refractivity contribution < 1.29 is 39.6 Å². The van der Waals surface area contributed by atoms with Crippen LogP contribution in [0.5, 0.6) is 0 Å². The molecule has 2 aliphatic rings. The first-order valence-electron chi connectivity index (χ1n) is 15.7. The predicted molar refractivity (Wildman–Crippen MR) is 181 cm³/mol. The number of carboxylic acids is 4. The fourth-order valence-electron chi connectivity index (χ4n) is 6.42. The molecule has 5 rings (SSSR count). The van der Waals surface area contributed by atoms with Crippen LogP contribution in [0.25, 0.3) is 44.4 Å². The van der Waals surface area contributed by atoms with Crippen molar-refractivity contribution in [2.24, 2.45) is 0 Å². The van der Waals surface area contributed by atoms with Crippen molar-refractivity contribution in [2.45, 2.75) is 79.1 Å². The highest BCUT2D eigenvalue weighted by atomic mass is 16.4. The van der Waals surface area contributed by atoms with Gasteiger partial charge in [-0.2, -0.15) is 0 Å². The molecule has 3 aromatic heterocycles. The second-order valence-electron chi connectivity index (χ2n) is 12.2. The van der Waals surface area contributed by atoms with Crippen molar-refractivity contribution in [2.75, 3.05) is 0 Å². The highest BCUT2D eigenvalue weighted by Gasteiger charge is 2.23. The Morgan fingerprint density at radius 3 is 1.31 bits per heavy atom. The molecule has 0 saturated carbocycles. The number of rotatable bonds is 12. The molecule has 0 unspecified atom stereocenters. The Labute approximate surface area is 275 Å².